The first-order valence-electron chi connectivity index (χ1n) is 3.63. The zero-order chi connectivity index (χ0) is 8.54. The average Bonchev–Trinajstić information content (AvgIpc) is 1.84. The van der Waals surface area contributed by atoms with E-state index in [4.69, 9.17) is 5.11 Å². The molecule has 1 aliphatic carbocycles. The molecule has 0 aromatic heterocycles. The van der Waals surface area contributed by atoms with E-state index in [0.717, 1.165) is 0 Å². The van der Waals surface area contributed by atoms with E-state index >= 15 is 0 Å². The predicted octanol–water partition coefficient (Wildman–Crippen LogP) is 1.97. The smallest absolute Gasteiger partial charge is 0.249 e. The summed E-state index contributed by atoms with van der Waals surface area (Å²) >= 11 is 0. The molecule has 1 N–H and O–H groups in total. The first kappa shape index (κ1) is 8.65. The molecule has 3 heteroatoms. The van der Waals surface area contributed by atoms with Crippen LogP contribution in [0.15, 0.2) is 12.7 Å². The van der Waals surface area contributed by atoms with Crippen molar-refractivity contribution in [3.63, 3.8) is 0 Å². The van der Waals surface area contributed by atoms with Crippen molar-refractivity contribution >= 4 is 0 Å². The van der Waals surface area contributed by atoms with E-state index in [1.54, 1.807) is 6.08 Å². The van der Waals surface area contributed by atoms with Gasteiger partial charge in [-0.15, -0.1) is 6.58 Å². The molecule has 0 amide bonds. The summed E-state index contributed by atoms with van der Waals surface area (Å²) < 4.78 is 24.8. The minimum Gasteiger partial charge on any atom is -0.396 e. The molecule has 11 heavy (non-hydrogen) atoms. The first-order valence-corrected chi connectivity index (χ1v) is 3.63. The molecule has 1 nitrogen and oxygen atoms in total. The second kappa shape index (κ2) is 2.55. The Labute approximate surface area is 64.7 Å². The van der Waals surface area contributed by atoms with Crippen LogP contribution in [-0.2, 0) is 0 Å². The van der Waals surface area contributed by atoms with Crippen molar-refractivity contribution in [3.05, 3.63) is 12.7 Å². The average molecular weight is 162 g/mol. The topological polar surface area (TPSA) is 20.2 Å². The fourth-order valence-electron chi connectivity index (χ4n) is 1.67. The van der Waals surface area contributed by atoms with Gasteiger partial charge in [0.25, 0.3) is 0 Å². The maximum absolute atomic E-state index is 12.4. The Bertz CT molecular complexity index is 157. The molecular formula is C8H12F2O. The van der Waals surface area contributed by atoms with Crippen LogP contribution < -0.4 is 0 Å². The Morgan fingerprint density at radius 3 is 2.27 bits per heavy atom. The van der Waals surface area contributed by atoms with Crippen molar-refractivity contribution in [1.29, 1.82) is 0 Å². The lowest BCUT2D eigenvalue weighted by atomic mass is 9.64. The molecule has 1 fully saturated rings. The molecule has 1 saturated carbocycles. The molecule has 1 aliphatic rings. The Kier molecular flexibility index (Phi) is 2.01. The summed E-state index contributed by atoms with van der Waals surface area (Å²) in [5, 5.41) is 8.82. The van der Waals surface area contributed by atoms with Gasteiger partial charge in [-0.1, -0.05) is 6.08 Å². The third-order valence-electron chi connectivity index (χ3n) is 2.18. The van der Waals surface area contributed by atoms with Crippen molar-refractivity contribution in [1.82, 2.24) is 0 Å². The summed E-state index contributed by atoms with van der Waals surface area (Å²) in [6, 6.07) is 0. The largest absolute Gasteiger partial charge is 0.396 e. The number of alkyl halides is 2. The van der Waals surface area contributed by atoms with E-state index in [0.29, 0.717) is 6.42 Å². The van der Waals surface area contributed by atoms with E-state index in [9.17, 15) is 8.78 Å². The molecule has 1 rings (SSSR count). The Hall–Kier alpha value is -0.440. The van der Waals surface area contributed by atoms with Gasteiger partial charge in [0.15, 0.2) is 0 Å². The van der Waals surface area contributed by atoms with Crippen molar-refractivity contribution in [3.8, 4) is 0 Å². The quantitative estimate of drug-likeness (QED) is 0.629. The summed E-state index contributed by atoms with van der Waals surface area (Å²) in [6.07, 6.45) is 1.69. The minimum atomic E-state index is -2.55. The van der Waals surface area contributed by atoms with Crippen molar-refractivity contribution in [2.45, 2.75) is 25.2 Å². The van der Waals surface area contributed by atoms with E-state index in [1.165, 1.54) is 0 Å². The number of aliphatic hydroxyl groups is 1. The molecule has 0 saturated heterocycles. The number of halogens is 2. The SMILES string of the molecule is C=CCC1(CO)CC(F)(F)C1. The number of allylic oxidation sites excluding steroid dienone is 1. The zero-order valence-electron chi connectivity index (χ0n) is 6.32. The van der Waals surface area contributed by atoms with E-state index in [1.807, 2.05) is 0 Å². The summed E-state index contributed by atoms with van der Waals surface area (Å²) in [5.74, 6) is -2.55. The van der Waals surface area contributed by atoms with Gasteiger partial charge in [-0.25, -0.2) is 8.78 Å². The second-order valence-corrected chi connectivity index (χ2v) is 3.36. The van der Waals surface area contributed by atoms with E-state index in [-0.39, 0.29) is 19.4 Å². The standard InChI is InChI=1S/C8H12F2O/c1-2-3-7(6-11)4-8(9,10)5-7/h2,11H,1,3-6H2. The molecule has 0 aliphatic heterocycles. The number of aliphatic hydroxyl groups excluding tert-OH is 1. The molecule has 0 spiro atoms. The Balaban J connectivity index is 2.49. The molecule has 0 aromatic rings. The van der Waals surface area contributed by atoms with Gasteiger partial charge >= 0.3 is 0 Å². The fourth-order valence-corrected chi connectivity index (χ4v) is 1.67. The Morgan fingerprint density at radius 1 is 1.45 bits per heavy atom. The first-order chi connectivity index (χ1) is 5.04. The van der Waals surface area contributed by atoms with Gasteiger partial charge in [0.05, 0.1) is 0 Å². The van der Waals surface area contributed by atoms with Gasteiger partial charge in [0, 0.05) is 24.9 Å². The van der Waals surface area contributed by atoms with Crippen LogP contribution in [0, 0.1) is 5.41 Å². The van der Waals surface area contributed by atoms with Crippen LogP contribution in [0.1, 0.15) is 19.3 Å². The molecule has 0 unspecified atom stereocenters. The van der Waals surface area contributed by atoms with Gasteiger partial charge in [-0.05, 0) is 6.42 Å². The maximum atomic E-state index is 12.4. The molecule has 0 atom stereocenters. The fraction of sp³-hybridized carbons (Fsp3) is 0.750. The summed E-state index contributed by atoms with van der Waals surface area (Å²) in [5.41, 5.74) is -0.564. The van der Waals surface area contributed by atoms with Crippen molar-refractivity contribution in [2.24, 2.45) is 5.41 Å². The monoisotopic (exact) mass is 162 g/mol. The van der Waals surface area contributed by atoms with Gasteiger partial charge in [0.2, 0.25) is 5.92 Å². The summed E-state index contributed by atoms with van der Waals surface area (Å²) in [4.78, 5) is 0. The maximum Gasteiger partial charge on any atom is 0.249 e. The summed E-state index contributed by atoms with van der Waals surface area (Å²) in [6.45, 7) is 3.31. The van der Waals surface area contributed by atoms with Gasteiger partial charge < -0.3 is 5.11 Å². The van der Waals surface area contributed by atoms with Crippen LogP contribution in [0.4, 0.5) is 8.78 Å². The van der Waals surface area contributed by atoms with Crippen LogP contribution in [0.5, 0.6) is 0 Å². The highest BCUT2D eigenvalue weighted by atomic mass is 19.3. The lowest BCUT2D eigenvalue weighted by Crippen LogP contribution is -2.48. The highest BCUT2D eigenvalue weighted by molar-refractivity contribution is 5.01. The van der Waals surface area contributed by atoms with Crippen LogP contribution in [0.25, 0.3) is 0 Å². The van der Waals surface area contributed by atoms with Crippen LogP contribution >= 0.6 is 0 Å². The number of hydrogen-bond acceptors (Lipinski definition) is 1. The molecule has 0 bridgehead atoms. The Morgan fingerprint density at radius 2 is 2.00 bits per heavy atom. The predicted molar refractivity (Wildman–Crippen MR) is 38.5 cm³/mol. The third kappa shape index (κ3) is 1.59. The van der Waals surface area contributed by atoms with Gasteiger partial charge in [-0.3, -0.25) is 0 Å². The van der Waals surface area contributed by atoms with Gasteiger partial charge in [0.1, 0.15) is 0 Å². The van der Waals surface area contributed by atoms with Crippen LogP contribution in [0.3, 0.4) is 0 Å². The van der Waals surface area contributed by atoms with Gasteiger partial charge in [-0.2, -0.15) is 0 Å². The molecule has 0 aromatic carbocycles. The van der Waals surface area contributed by atoms with E-state index in [2.05, 4.69) is 6.58 Å². The molecular weight excluding hydrogens is 150 g/mol. The highest BCUT2D eigenvalue weighted by Gasteiger charge is 2.55. The lowest BCUT2D eigenvalue weighted by molar-refractivity contribution is -0.174. The van der Waals surface area contributed by atoms with E-state index < -0.39 is 11.3 Å². The number of hydrogen-bond donors (Lipinski definition) is 1. The molecule has 64 valence electrons. The zero-order valence-corrected chi connectivity index (χ0v) is 6.32. The highest BCUT2D eigenvalue weighted by Crippen LogP contribution is 2.53. The van der Waals surface area contributed by atoms with Crippen LogP contribution in [-0.4, -0.2) is 17.6 Å². The molecule has 0 heterocycles. The minimum absolute atomic E-state index is 0.158. The third-order valence-corrected chi connectivity index (χ3v) is 2.18. The van der Waals surface area contributed by atoms with Crippen molar-refractivity contribution < 1.29 is 13.9 Å². The molecule has 0 radical (unpaired) electrons. The normalized spacial score (nSPS) is 25.7. The summed E-state index contributed by atoms with van der Waals surface area (Å²) in [7, 11) is 0. The van der Waals surface area contributed by atoms with Crippen LogP contribution in [0.2, 0.25) is 0 Å². The second-order valence-electron chi connectivity index (χ2n) is 3.36. The number of rotatable bonds is 3. The van der Waals surface area contributed by atoms with Crippen molar-refractivity contribution in [2.75, 3.05) is 6.61 Å². The lowest BCUT2D eigenvalue weighted by Gasteiger charge is -2.45.